The minimum absolute atomic E-state index is 0.357. The lowest BCUT2D eigenvalue weighted by Gasteiger charge is -2.18. The standard InChI is InChI=1S/C11H19N5S/c1-5-7-8(6-2)13-14-11(15-16(3)4)9(7)10(12)17/h5-6H2,1-4H3,(H2,12,17)(H,14,15). The molecule has 6 heteroatoms. The third-order valence-corrected chi connectivity index (χ3v) is 2.63. The summed E-state index contributed by atoms with van der Waals surface area (Å²) in [5, 5.41) is 10.1. The molecule has 94 valence electrons. The molecule has 0 aromatic carbocycles. The number of nitrogens with zero attached hydrogens (tertiary/aromatic N) is 3. The first-order valence-electron chi connectivity index (χ1n) is 5.63. The molecule has 0 saturated carbocycles. The molecule has 1 heterocycles. The molecular formula is C11H19N5S. The Balaban J connectivity index is 3.36. The summed E-state index contributed by atoms with van der Waals surface area (Å²) in [7, 11) is 3.76. The monoisotopic (exact) mass is 253 g/mol. The van der Waals surface area contributed by atoms with E-state index in [0.29, 0.717) is 10.8 Å². The summed E-state index contributed by atoms with van der Waals surface area (Å²) in [4.78, 5) is 0.357. The molecule has 0 atom stereocenters. The molecule has 1 rings (SSSR count). The Kier molecular flexibility index (Phi) is 4.77. The number of anilines is 1. The minimum atomic E-state index is 0.357. The number of nitrogens with one attached hydrogen (secondary N) is 1. The van der Waals surface area contributed by atoms with Crippen molar-refractivity contribution in [1.29, 1.82) is 0 Å². The van der Waals surface area contributed by atoms with Crippen LogP contribution in [0.1, 0.15) is 30.7 Å². The van der Waals surface area contributed by atoms with Gasteiger partial charge in [0.05, 0.1) is 11.3 Å². The Morgan fingerprint density at radius 2 is 1.94 bits per heavy atom. The second-order valence-corrected chi connectivity index (χ2v) is 4.37. The van der Waals surface area contributed by atoms with Gasteiger partial charge in [-0.3, -0.25) is 0 Å². The summed E-state index contributed by atoms with van der Waals surface area (Å²) < 4.78 is 0. The van der Waals surface area contributed by atoms with Gasteiger partial charge in [0.2, 0.25) is 0 Å². The quantitative estimate of drug-likeness (QED) is 0.605. The zero-order chi connectivity index (χ0) is 13.0. The zero-order valence-electron chi connectivity index (χ0n) is 10.7. The molecule has 0 saturated heterocycles. The largest absolute Gasteiger partial charge is 0.389 e. The van der Waals surface area contributed by atoms with Crippen LogP contribution in [0.25, 0.3) is 0 Å². The molecule has 0 bridgehead atoms. The van der Waals surface area contributed by atoms with Crippen LogP contribution >= 0.6 is 12.2 Å². The SMILES string of the molecule is CCc1nnc(NN(C)C)c(C(N)=S)c1CC. The van der Waals surface area contributed by atoms with Crippen LogP contribution in [0.5, 0.6) is 0 Å². The summed E-state index contributed by atoms with van der Waals surface area (Å²) in [6.45, 7) is 4.11. The predicted octanol–water partition coefficient (Wildman–Crippen LogP) is 1.12. The Bertz CT molecular complexity index is 417. The third-order valence-electron chi connectivity index (χ3n) is 2.42. The highest BCUT2D eigenvalue weighted by atomic mass is 32.1. The van der Waals surface area contributed by atoms with Crippen molar-refractivity contribution in [3.63, 3.8) is 0 Å². The lowest BCUT2D eigenvalue weighted by atomic mass is 10.0. The van der Waals surface area contributed by atoms with Crippen LogP contribution in [0.4, 0.5) is 5.82 Å². The number of hydrazine groups is 1. The average molecular weight is 253 g/mol. The number of aryl methyl sites for hydroxylation is 1. The highest BCUT2D eigenvalue weighted by molar-refractivity contribution is 7.80. The zero-order valence-corrected chi connectivity index (χ0v) is 11.6. The van der Waals surface area contributed by atoms with Crippen LogP contribution in [-0.2, 0) is 12.8 Å². The molecule has 1 aromatic rings. The Labute approximate surface area is 107 Å². The predicted molar refractivity (Wildman–Crippen MR) is 74.0 cm³/mol. The van der Waals surface area contributed by atoms with Gasteiger partial charge < -0.3 is 11.2 Å². The number of aromatic nitrogens is 2. The van der Waals surface area contributed by atoms with E-state index in [2.05, 4.69) is 22.5 Å². The number of hydrogen-bond donors (Lipinski definition) is 2. The number of hydrogen-bond acceptors (Lipinski definition) is 5. The van der Waals surface area contributed by atoms with Gasteiger partial charge in [0.1, 0.15) is 4.99 Å². The highest BCUT2D eigenvalue weighted by Crippen LogP contribution is 2.20. The Morgan fingerprint density at radius 3 is 2.35 bits per heavy atom. The van der Waals surface area contributed by atoms with Gasteiger partial charge in [-0.15, -0.1) is 5.10 Å². The van der Waals surface area contributed by atoms with Crippen LogP contribution in [0.3, 0.4) is 0 Å². The number of thiocarbonyl (C=S) groups is 1. The van der Waals surface area contributed by atoms with Crippen molar-refractivity contribution in [3.8, 4) is 0 Å². The average Bonchev–Trinajstić information content (AvgIpc) is 2.26. The van der Waals surface area contributed by atoms with Gasteiger partial charge in [-0.2, -0.15) is 5.10 Å². The van der Waals surface area contributed by atoms with Gasteiger partial charge >= 0.3 is 0 Å². The minimum Gasteiger partial charge on any atom is -0.389 e. The topological polar surface area (TPSA) is 67.1 Å². The van der Waals surface area contributed by atoms with Gasteiger partial charge in [0.25, 0.3) is 0 Å². The molecule has 1 aromatic heterocycles. The van der Waals surface area contributed by atoms with Gasteiger partial charge in [-0.1, -0.05) is 26.1 Å². The van der Waals surface area contributed by atoms with Crippen LogP contribution in [0, 0.1) is 0 Å². The summed E-state index contributed by atoms with van der Waals surface area (Å²) in [6.07, 6.45) is 1.67. The molecule has 0 unspecified atom stereocenters. The van der Waals surface area contributed by atoms with E-state index < -0.39 is 0 Å². The van der Waals surface area contributed by atoms with E-state index in [1.807, 2.05) is 21.0 Å². The summed E-state index contributed by atoms with van der Waals surface area (Å²) in [5.74, 6) is 0.622. The maximum atomic E-state index is 5.80. The van der Waals surface area contributed by atoms with E-state index in [1.54, 1.807) is 5.01 Å². The fourth-order valence-electron chi connectivity index (χ4n) is 1.73. The Morgan fingerprint density at radius 1 is 1.29 bits per heavy atom. The van der Waals surface area contributed by atoms with Gasteiger partial charge in [0.15, 0.2) is 5.82 Å². The fourth-order valence-corrected chi connectivity index (χ4v) is 1.95. The van der Waals surface area contributed by atoms with E-state index in [1.165, 1.54) is 0 Å². The second-order valence-electron chi connectivity index (χ2n) is 3.93. The summed E-state index contributed by atoms with van der Waals surface area (Å²) in [6, 6.07) is 0. The van der Waals surface area contributed by atoms with E-state index in [4.69, 9.17) is 18.0 Å². The van der Waals surface area contributed by atoms with Crippen molar-refractivity contribution in [3.05, 3.63) is 16.8 Å². The summed E-state index contributed by atoms with van der Waals surface area (Å²) in [5.41, 5.74) is 11.7. The van der Waals surface area contributed by atoms with Gasteiger partial charge in [-0.25, -0.2) is 5.01 Å². The molecular weight excluding hydrogens is 234 g/mol. The lowest BCUT2D eigenvalue weighted by molar-refractivity contribution is 0.490. The molecule has 0 spiro atoms. The maximum Gasteiger partial charge on any atom is 0.173 e. The van der Waals surface area contributed by atoms with Crippen LogP contribution in [-0.4, -0.2) is 34.3 Å². The van der Waals surface area contributed by atoms with Gasteiger partial charge in [-0.05, 0) is 18.4 Å². The number of nitrogens with two attached hydrogens (primary N) is 1. The van der Waals surface area contributed by atoms with Crippen LogP contribution < -0.4 is 11.2 Å². The molecule has 5 nitrogen and oxygen atoms in total. The van der Waals surface area contributed by atoms with E-state index >= 15 is 0 Å². The van der Waals surface area contributed by atoms with E-state index in [9.17, 15) is 0 Å². The van der Waals surface area contributed by atoms with Crippen molar-refractivity contribution < 1.29 is 0 Å². The molecule has 3 N–H and O–H groups in total. The molecule has 0 aliphatic heterocycles. The smallest absolute Gasteiger partial charge is 0.173 e. The van der Waals surface area contributed by atoms with E-state index in [0.717, 1.165) is 29.7 Å². The third kappa shape index (κ3) is 3.10. The number of rotatable bonds is 5. The first-order valence-corrected chi connectivity index (χ1v) is 6.04. The second kappa shape index (κ2) is 5.88. The molecule has 0 aliphatic rings. The molecule has 0 radical (unpaired) electrons. The maximum absolute atomic E-state index is 5.80. The highest BCUT2D eigenvalue weighted by Gasteiger charge is 2.16. The molecule has 0 aliphatic carbocycles. The summed E-state index contributed by atoms with van der Waals surface area (Å²) >= 11 is 5.12. The van der Waals surface area contributed by atoms with Crippen molar-refractivity contribution in [2.45, 2.75) is 26.7 Å². The van der Waals surface area contributed by atoms with Crippen molar-refractivity contribution in [2.24, 2.45) is 5.73 Å². The van der Waals surface area contributed by atoms with Crippen molar-refractivity contribution in [1.82, 2.24) is 15.2 Å². The normalized spacial score (nSPS) is 10.6. The molecule has 0 fully saturated rings. The van der Waals surface area contributed by atoms with Crippen molar-refractivity contribution >= 4 is 23.0 Å². The van der Waals surface area contributed by atoms with E-state index in [-0.39, 0.29) is 0 Å². The first-order chi connectivity index (χ1) is 8.01. The Hall–Kier alpha value is -1.27. The molecule has 17 heavy (non-hydrogen) atoms. The van der Waals surface area contributed by atoms with Gasteiger partial charge in [0, 0.05) is 14.1 Å². The molecule has 0 amide bonds. The van der Waals surface area contributed by atoms with Crippen LogP contribution in [0.15, 0.2) is 0 Å². The lowest BCUT2D eigenvalue weighted by Crippen LogP contribution is -2.26. The first kappa shape index (κ1) is 13.8. The van der Waals surface area contributed by atoms with Crippen molar-refractivity contribution in [2.75, 3.05) is 19.5 Å². The fraction of sp³-hybridized carbons (Fsp3) is 0.545. The van der Waals surface area contributed by atoms with Crippen LogP contribution in [0.2, 0.25) is 0 Å².